The van der Waals surface area contributed by atoms with Crippen molar-refractivity contribution in [2.24, 2.45) is 0 Å². The first kappa shape index (κ1) is 22.2. The van der Waals surface area contributed by atoms with E-state index in [9.17, 15) is 9.59 Å². The van der Waals surface area contributed by atoms with E-state index in [1.165, 1.54) is 10.4 Å². The van der Waals surface area contributed by atoms with Crippen LogP contribution >= 0.6 is 11.3 Å². The van der Waals surface area contributed by atoms with Gasteiger partial charge in [0.25, 0.3) is 5.91 Å². The normalized spacial score (nSPS) is 15.3. The summed E-state index contributed by atoms with van der Waals surface area (Å²) in [6, 6.07) is 19.6. The van der Waals surface area contributed by atoms with Crippen LogP contribution in [0.15, 0.2) is 66.0 Å². The molecule has 2 aromatic carbocycles. The van der Waals surface area contributed by atoms with Gasteiger partial charge in [0.15, 0.2) is 0 Å². The Morgan fingerprint density at radius 3 is 2.56 bits per heavy atom. The smallest absolute Gasteiger partial charge is 0.254 e. The van der Waals surface area contributed by atoms with Gasteiger partial charge in [-0.25, -0.2) is 0 Å². The van der Waals surface area contributed by atoms with Crippen LogP contribution in [0.5, 0.6) is 0 Å². The highest BCUT2D eigenvalue weighted by Crippen LogP contribution is 2.37. The van der Waals surface area contributed by atoms with Gasteiger partial charge in [-0.15, -0.1) is 11.3 Å². The number of benzene rings is 2. The second-order valence-electron chi connectivity index (χ2n) is 8.04. The highest BCUT2D eigenvalue weighted by atomic mass is 32.1. The molecule has 166 valence electrons. The van der Waals surface area contributed by atoms with Gasteiger partial charge in [-0.05, 0) is 48.1 Å². The number of nitrogens with zero attached hydrogens (tertiary/aromatic N) is 2. The number of hydrogen-bond donors (Lipinski definition) is 0. The van der Waals surface area contributed by atoms with Crippen LogP contribution in [0.4, 0.5) is 0 Å². The molecule has 4 rings (SSSR count). The van der Waals surface area contributed by atoms with Crippen LogP contribution in [-0.4, -0.2) is 55.0 Å². The largest absolute Gasteiger partial charge is 0.383 e. The second kappa shape index (κ2) is 10.1. The molecule has 0 bridgehead atoms. The van der Waals surface area contributed by atoms with Crippen molar-refractivity contribution in [3.8, 4) is 0 Å². The average molecular weight is 449 g/mol. The fraction of sp³-hybridized carbons (Fsp3) is 0.308. The summed E-state index contributed by atoms with van der Waals surface area (Å²) in [5.74, 6) is -0.202. The fourth-order valence-corrected chi connectivity index (χ4v) is 5.07. The summed E-state index contributed by atoms with van der Waals surface area (Å²) >= 11 is 1.75. The van der Waals surface area contributed by atoms with E-state index >= 15 is 0 Å². The molecule has 32 heavy (non-hydrogen) atoms. The SMILES string of the molecule is COCCN(CC(=O)N1CCc2sccc2C1c1ccccc1)C(=O)c1ccc(C)cc1. The molecular weight excluding hydrogens is 420 g/mol. The minimum absolute atomic E-state index is 0.0267. The average Bonchev–Trinajstić information content (AvgIpc) is 3.30. The molecule has 1 aliphatic rings. The predicted molar refractivity (Wildman–Crippen MR) is 127 cm³/mol. The molecular formula is C26H28N2O3S. The summed E-state index contributed by atoms with van der Waals surface area (Å²) in [5, 5.41) is 2.10. The van der Waals surface area contributed by atoms with Crippen LogP contribution in [-0.2, 0) is 16.0 Å². The minimum atomic E-state index is -0.153. The summed E-state index contributed by atoms with van der Waals surface area (Å²) in [6.45, 7) is 3.39. The standard InChI is InChI=1S/C26H28N2O3S/c1-19-8-10-21(11-9-19)26(30)27(15-16-31-2)18-24(29)28-14-12-23-22(13-17-32-23)25(28)20-6-4-3-5-7-20/h3-11,13,17,25H,12,14-16,18H2,1-2H3. The van der Waals surface area contributed by atoms with Gasteiger partial charge in [-0.1, -0.05) is 48.0 Å². The number of methoxy groups -OCH3 is 1. The maximum Gasteiger partial charge on any atom is 0.254 e. The predicted octanol–water partition coefficient (Wildman–Crippen LogP) is 4.32. The summed E-state index contributed by atoms with van der Waals surface area (Å²) in [7, 11) is 1.60. The molecule has 2 heterocycles. The monoisotopic (exact) mass is 448 g/mol. The molecule has 0 N–H and O–H groups in total. The molecule has 6 heteroatoms. The Morgan fingerprint density at radius 2 is 1.84 bits per heavy atom. The second-order valence-corrected chi connectivity index (χ2v) is 9.04. The van der Waals surface area contributed by atoms with Gasteiger partial charge in [-0.3, -0.25) is 9.59 Å². The topological polar surface area (TPSA) is 49.9 Å². The van der Waals surface area contributed by atoms with Crippen molar-refractivity contribution in [3.05, 3.63) is 93.2 Å². The molecule has 0 saturated heterocycles. The highest BCUT2D eigenvalue weighted by molar-refractivity contribution is 7.10. The van der Waals surface area contributed by atoms with Crippen LogP contribution in [0.2, 0.25) is 0 Å². The van der Waals surface area contributed by atoms with Gasteiger partial charge < -0.3 is 14.5 Å². The molecule has 5 nitrogen and oxygen atoms in total. The number of carbonyl (C=O) groups excluding carboxylic acids is 2. The third-order valence-corrected chi connectivity index (χ3v) is 6.88. The van der Waals surface area contributed by atoms with Crippen molar-refractivity contribution in [3.63, 3.8) is 0 Å². The molecule has 1 atom stereocenters. The van der Waals surface area contributed by atoms with E-state index in [0.717, 1.165) is 17.5 Å². The van der Waals surface area contributed by atoms with Crippen molar-refractivity contribution in [2.45, 2.75) is 19.4 Å². The van der Waals surface area contributed by atoms with Crippen LogP contribution < -0.4 is 0 Å². The molecule has 0 radical (unpaired) electrons. The lowest BCUT2D eigenvalue weighted by molar-refractivity contribution is -0.134. The quantitative estimate of drug-likeness (QED) is 0.541. The summed E-state index contributed by atoms with van der Waals surface area (Å²) in [6.07, 6.45) is 0.839. The zero-order valence-corrected chi connectivity index (χ0v) is 19.3. The molecule has 3 aromatic rings. The van der Waals surface area contributed by atoms with Gasteiger partial charge in [0, 0.05) is 30.6 Å². The molecule has 0 spiro atoms. The number of rotatable bonds is 7. The van der Waals surface area contributed by atoms with Crippen molar-refractivity contribution < 1.29 is 14.3 Å². The molecule has 1 unspecified atom stereocenters. The Balaban J connectivity index is 1.59. The number of amides is 2. The van der Waals surface area contributed by atoms with Gasteiger partial charge in [0.1, 0.15) is 6.54 Å². The zero-order chi connectivity index (χ0) is 22.5. The molecule has 1 aromatic heterocycles. The fourth-order valence-electron chi connectivity index (χ4n) is 4.17. The lowest BCUT2D eigenvalue weighted by Gasteiger charge is -2.37. The molecule has 0 saturated carbocycles. The third kappa shape index (κ3) is 4.76. The Hall–Kier alpha value is -2.96. The van der Waals surface area contributed by atoms with Gasteiger partial charge >= 0.3 is 0 Å². The van der Waals surface area contributed by atoms with Gasteiger partial charge in [0.2, 0.25) is 5.91 Å². The van der Waals surface area contributed by atoms with Crippen molar-refractivity contribution in [1.29, 1.82) is 0 Å². The first-order valence-electron chi connectivity index (χ1n) is 10.8. The Kier molecular flexibility index (Phi) is 7.02. The maximum absolute atomic E-state index is 13.6. The van der Waals surface area contributed by atoms with E-state index in [4.69, 9.17) is 4.74 Å². The lowest BCUT2D eigenvalue weighted by atomic mass is 9.93. The van der Waals surface area contributed by atoms with E-state index in [1.54, 1.807) is 23.3 Å². The first-order valence-corrected chi connectivity index (χ1v) is 11.7. The number of fused-ring (bicyclic) bond motifs is 1. The third-order valence-electron chi connectivity index (χ3n) is 5.88. The van der Waals surface area contributed by atoms with E-state index < -0.39 is 0 Å². The lowest BCUT2D eigenvalue weighted by Crippen LogP contribution is -2.47. The summed E-state index contributed by atoms with van der Waals surface area (Å²) < 4.78 is 5.21. The van der Waals surface area contributed by atoms with Gasteiger partial charge in [-0.2, -0.15) is 0 Å². The summed E-state index contributed by atoms with van der Waals surface area (Å²) in [4.78, 5) is 31.6. The van der Waals surface area contributed by atoms with Crippen molar-refractivity contribution in [1.82, 2.24) is 9.80 Å². The first-order chi connectivity index (χ1) is 15.6. The van der Waals surface area contributed by atoms with E-state index in [0.29, 0.717) is 25.3 Å². The number of thiophene rings is 1. The molecule has 0 fully saturated rings. The Morgan fingerprint density at radius 1 is 1.09 bits per heavy atom. The minimum Gasteiger partial charge on any atom is -0.383 e. The number of ether oxygens (including phenoxy) is 1. The number of hydrogen-bond acceptors (Lipinski definition) is 4. The summed E-state index contributed by atoms with van der Waals surface area (Å²) in [5.41, 5.74) is 3.95. The Bertz CT molecular complexity index is 1060. The van der Waals surface area contributed by atoms with Crippen LogP contribution in [0, 0.1) is 6.92 Å². The highest BCUT2D eigenvalue weighted by Gasteiger charge is 2.34. The number of carbonyl (C=O) groups is 2. The molecule has 2 amide bonds. The van der Waals surface area contributed by atoms with Gasteiger partial charge in [0.05, 0.1) is 12.6 Å². The van der Waals surface area contributed by atoms with Crippen LogP contribution in [0.1, 0.15) is 38.0 Å². The van der Waals surface area contributed by atoms with E-state index in [-0.39, 0.29) is 24.4 Å². The number of aryl methyl sites for hydroxylation is 1. The van der Waals surface area contributed by atoms with Crippen molar-refractivity contribution >= 4 is 23.2 Å². The molecule has 1 aliphatic heterocycles. The zero-order valence-electron chi connectivity index (χ0n) is 18.5. The van der Waals surface area contributed by atoms with E-state index in [2.05, 4.69) is 23.6 Å². The van der Waals surface area contributed by atoms with Crippen LogP contribution in [0.3, 0.4) is 0 Å². The van der Waals surface area contributed by atoms with Crippen LogP contribution in [0.25, 0.3) is 0 Å². The maximum atomic E-state index is 13.6. The van der Waals surface area contributed by atoms with E-state index in [1.807, 2.05) is 54.3 Å². The van der Waals surface area contributed by atoms with Crippen molar-refractivity contribution in [2.75, 3.05) is 33.4 Å². The Labute approximate surface area is 193 Å². The molecule has 0 aliphatic carbocycles.